The van der Waals surface area contributed by atoms with Gasteiger partial charge in [-0.15, -0.1) is 0 Å². The van der Waals surface area contributed by atoms with Crippen LogP contribution in [0.25, 0.3) is 10.9 Å². The second-order valence-corrected chi connectivity index (χ2v) is 8.29. The summed E-state index contributed by atoms with van der Waals surface area (Å²) in [4.78, 5) is 9.66. The van der Waals surface area contributed by atoms with Crippen LogP contribution in [0.1, 0.15) is 48.4 Å². The van der Waals surface area contributed by atoms with Gasteiger partial charge in [-0.2, -0.15) is 0 Å². The zero-order valence-corrected chi connectivity index (χ0v) is 17.4. The molecular formula is C24H31N3O. The van der Waals surface area contributed by atoms with Crippen LogP contribution in [0.2, 0.25) is 0 Å². The fourth-order valence-electron chi connectivity index (χ4n) is 4.53. The first-order chi connectivity index (χ1) is 13.6. The van der Waals surface area contributed by atoms with Crippen molar-refractivity contribution in [3.05, 3.63) is 35.0 Å². The second kappa shape index (κ2) is 8.51. The first-order valence-corrected chi connectivity index (χ1v) is 10.5. The van der Waals surface area contributed by atoms with Crippen LogP contribution in [0.5, 0.6) is 5.75 Å². The molecule has 0 atom stereocenters. The fraction of sp³-hybridized carbons (Fsp3) is 0.542. The van der Waals surface area contributed by atoms with Gasteiger partial charge in [0.15, 0.2) is 0 Å². The first kappa shape index (κ1) is 19.2. The SMILES string of the molecule is COc1cc2c(C3CCN(C)CC3)cc(C)nc2cc1C#CCN1CCCC1. The third-order valence-electron chi connectivity index (χ3n) is 6.17. The van der Waals surface area contributed by atoms with Crippen molar-refractivity contribution in [3.8, 4) is 17.6 Å². The third kappa shape index (κ3) is 4.16. The lowest BCUT2D eigenvalue weighted by Crippen LogP contribution is -2.29. The van der Waals surface area contributed by atoms with Crippen molar-refractivity contribution in [2.24, 2.45) is 0 Å². The quantitative estimate of drug-likeness (QED) is 0.761. The average molecular weight is 378 g/mol. The lowest BCUT2D eigenvalue weighted by molar-refractivity contribution is 0.256. The number of hydrogen-bond donors (Lipinski definition) is 0. The Morgan fingerprint density at radius 1 is 1.11 bits per heavy atom. The molecule has 1 aromatic carbocycles. The molecule has 2 aromatic rings. The molecule has 2 saturated heterocycles. The zero-order valence-electron chi connectivity index (χ0n) is 17.4. The normalized spacial score (nSPS) is 19.0. The van der Waals surface area contributed by atoms with Crippen molar-refractivity contribution >= 4 is 10.9 Å². The predicted octanol–water partition coefficient (Wildman–Crippen LogP) is 3.81. The van der Waals surface area contributed by atoms with Crippen LogP contribution in [0.15, 0.2) is 18.2 Å². The Morgan fingerprint density at radius 2 is 1.86 bits per heavy atom. The van der Waals surface area contributed by atoms with Crippen molar-refractivity contribution in [1.29, 1.82) is 0 Å². The van der Waals surface area contributed by atoms with Crippen LogP contribution in [0.4, 0.5) is 0 Å². The molecule has 0 bridgehead atoms. The number of likely N-dealkylation sites (tertiary alicyclic amines) is 2. The largest absolute Gasteiger partial charge is 0.495 e. The topological polar surface area (TPSA) is 28.6 Å². The summed E-state index contributed by atoms with van der Waals surface area (Å²) in [7, 11) is 3.95. The van der Waals surface area contributed by atoms with E-state index in [0.717, 1.165) is 42.2 Å². The summed E-state index contributed by atoms with van der Waals surface area (Å²) in [5.41, 5.74) is 4.50. The summed E-state index contributed by atoms with van der Waals surface area (Å²) >= 11 is 0. The molecule has 0 saturated carbocycles. The number of ether oxygens (including phenoxy) is 1. The molecule has 0 unspecified atom stereocenters. The standard InChI is InChI=1S/C24H31N3O/c1-18-15-21(19-8-13-26(2)14-9-19)22-17-24(28-3)20(16-23(22)25-18)7-6-12-27-10-4-5-11-27/h15-17,19H,4-5,8-14H2,1-3H3. The van der Waals surface area contributed by atoms with Crippen LogP contribution >= 0.6 is 0 Å². The van der Waals surface area contributed by atoms with Crippen molar-refractivity contribution in [3.63, 3.8) is 0 Å². The van der Waals surface area contributed by atoms with E-state index in [-0.39, 0.29) is 0 Å². The maximum Gasteiger partial charge on any atom is 0.135 e. The number of methoxy groups -OCH3 is 1. The van der Waals surface area contributed by atoms with E-state index in [1.807, 2.05) is 0 Å². The highest BCUT2D eigenvalue weighted by Crippen LogP contribution is 2.35. The molecular weight excluding hydrogens is 346 g/mol. The minimum atomic E-state index is 0.595. The Kier molecular flexibility index (Phi) is 5.85. The maximum atomic E-state index is 5.71. The number of benzene rings is 1. The molecule has 148 valence electrons. The van der Waals surface area contributed by atoms with E-state index < -0.39 is 0 Å². The van der Waals surface area contributed by atoms with E-state index in [1.54, 1.807) is 7.11 Å². The molecule has 3 heterocycles. The molecule has 2 aliphatic heterocycles. The van der Waals surface area contributed by atoms with Gasteiger partial charge in [0, 0.05) is 11.1 Å². The Hall–Kier alpha value is -2.09. The highest BCUT2D eigenvalue weighted by atomic mass is 16.5. The molecule has 2 aliphatic rings. The van der Waals surface area contributed by atoms with Gasteiger partial charge >= 0.3 is 0 Å². The Labute approximate surface area is 168 Å². The van der Waals surface area contributed by atoms with E-state index >= 15 is 0 Å². The predicted molar refractivity (Wildman–Crippen MR) is 115 cm³/mol. The number of aryl methyl sites for hydroxylation is 1. The van der Waals surface area contributed by atoms with Crippen molar-refractivity contribution in [2.75, 3.05) is 46.9 Å². The molecule has 0 amide bonds. The molecule has 1 aromatic heterocycles. The van der Waals surface area contributed by atoms with E-state index in [0.29, 0.717) is 5.92 Å². The number of rotatable bonds is 3. The van der Waals surface area contributed by atoms with Crippen molar-refractivity contribution in [2.45, 2.75) is 38.5 Å². The Morgan fingerprint density at radius 3 is 2.57 bits per heavy atom. The van der Waals surface area contributed by atoms with Crippen molar-refractivity contribution < 1.29 is 4.74 Å². The molecule has 28 heavy (non-hydrogen) atoms. The molecule has 2 fully saturated rings. The molecule has 0 aliphatic carbocycles. The Balaban J connectivity index is 1.68. The minimum absolute atomic E-state index is 0.595. The van der Waals surface area contributed by atoms with E-state index in [4.69, 9.17) is 9.72 Å². The highest BCUT2D eigenvalue weighted by molar-refractivity contribution is 5.86. The number of pyridine rings is 1. The van der Waals surface area contributed by atoms with E-state index in [2.05, 4.69) is 53.8 Å². The first-order valence-electron chi connectivity index (χ1n) is 10.5. The van der Waals surface area contributed by atoms with Gasteiger partial charge in [0.05, 0.1) is 24.7 Å². The lowest BCUT2D eigenvalue weighted by atomic mass is 9.87. The van der Waals surface area contributed by atoms with Gasteiger partial charge in [0.2, 0.25) is 0 Å². The molecule has 4 rings (SSSR count). The molecule has 4 heteroatoms. The molecule has 0 spiro atoms. The number of fused-ring (bicyclic) bond motifs is 1. The van der Waals surface area contributed by atoms with Crippen LogP contribution < -0.4 is 4.74 Å². The van der Waals surface area contributed by atoms with Crippen LogP contribution in [-0.4, -0.2) is 61.7 Å². The molecule has 0 radical (unpaired) electrons. The average Bonchev–Trinajstić information content (AvgIpc) is 3.21. The van der Waals surface area contributed by atoms with Crippen LogP contribution in [-0.2, 0) is 0 Å². The van der Waals surface area contributed by atoms with Gasteiger partial charge in [-0.25, -0.2) is 0 Å². The second-order valence-electron chi connectivity index (χ2n) is 8.29. The maximum absolute atomic E-state index is 5.71. The van der Waals surface area contributed by atoms with E-state index in [9.17, 15) is 0 Å². The summed E-state index contributed by atoms with van der Waals surface area (Å²) in [6.45, 7) is 7.59. The summed E-state index contributed by atoms with van der Waals surface area (Å²) in [6.07, 6.45) is 5.00. The Bertz CT molecular complexity index is 897. The van der Waals surface area contributed by atoms with Gasteiger partial charge < -0.3 is 9.64 Å². The fourth-order valence-corrected chi connectivity index (χ4v) is 4.53. The zero-order chi connectivity index (χ0) is 19.5. The molecule has 4 nitrogen and oxygen atoms in total. The number of hydrogen-bond acceptors (Lipinski definition) is 4. The van der Waals surface area contributed by atoms with Crippen LogP contribution in [0, 0.1) is 18.8 Å². The van der Waals surface area contributed by atoms with Gasteiger partial charge in [-0.3, -0.25) is 9.88 Å². The van der Waals surface area contributed by atoms with E-state index in [1.165, 1.54) is 49.7 Å². The highest BCUT2D eigenvalue weighted by Gasteiger charge is 2.21. The van der Waals surface area contributed by atoms with Gasteiger partial charge in [0.25, 0.3) is 0 Å². The monoisotopic (exact) mass is 377 g/mol. The smallest absolute Gasteiger partial charge is 0.135 e. The molecule has 0 N–H and O–H groups in total. The van der Waals surface area contributed by atoms with Crippen molar-refractivity contribution in [1.82, 2.24) is 14.8 Å². The van der Waals surface area contributed by atoms with Crippen LogP contribution in [0.3, 0.4) is 0 Å². The number of nitrogens with zero attached hydrogens (tertiary/aromatic N) is 3. The summed E-state index contributed by atoms with van der Waals surface area (Å²) in [6, 6.07) is 6.56. The number of piperidine rings is 1. The summed E-state index contributed by atoms with van der Waals surface area (Å²) < 4.78 is 5.71. The summed E-state index contributed by atoms with van der Waals surface area (Å²) in [5.74, 6) is 8.14. The number of aromatic nitrogens is 1. The lowest BCUT2D eigenvalue weighted by Gasteiger charge is -2.30. The van der Waals surface area contributed by atoms with Gasteiger partial charge in [-0.1, -0.05) is 11.8 Å². The van der Waals surface area contributed by atoms with Gasteiger partial charge in [0.1, 0.15) is 5.75 Å². The third-order valence-corrected chi connectivity index (χ3v) is 6.17. The summed E-state index contributed by atoms with van der Waals surface area (Å²) in [5, 5.41) is 1.22. The minimum Gasteiger partial charge on any atom is -0.495 e. The van der Waals surface area contributed by atoms with Gasteiger partial charge in [-0.05, 0) is 95.5 Å².